The molecule has 1 aromatic heterocycles. The van der Waals surface area contributed by atoms with Crippen molar-refractivity contribution < 1.29 is 14.3 Å². The van der Waals surface area contributed by atoms with E-state index >= 15 is 0 Å². The number of fused-ring (bicyclic) bond motifs is 1. The van der Waals surface area contributed by atoms with Gasteiger partial charge in [0.25, 0.3) is 11.8 Å². The van der Waals surface area contributed by atoms with Crippen LogP contribution in [0.3, 0.4) is 0 Å². The second kappa shape index (κ2) is 8.82. The van der Waals surface area contributed by atoms with E-state index in [-0.39, 0.29) is 29.9 Å². The van der Waals surface area contributed by atoms with E-state index in [4.69, 9.17) is 4.74 Å². The molecule has 7 heteroatoms. The van der Waals surface area contributed by atoms with Gasteiger partial charge in [-0.1, -0.05) is 42.5 Å². The minimum absolute atomic E-state index is 0.0800. The standard InChI is InChI=1S/C23H24N4O3/c1-30-19-12-5-3-8-16(19)13-24-22(28)20-21(26-14-25-20)23(29)27-18-11-6-9-15-7-2-4-10-17(15)18/h2-5,7-8,10,12,14,18H,6,9,11,13H2,1H3,(H,24,28)(H,25,26)(H,27,29)/t18-/m1/s1. The average Bonchev–Trinajstić information content (AvgIpc) is 3.28. The molecule has 1 atom stereocenters. The first-order chi connectivity index (χ1) is 14.7. The number of para-hydroxylation sites is 1. The number of hydrogen-bond donors (Lipinski definition) is 3. The fraction of sp³-hybridized carbons (Fsp3) is 0.261. The highest BCUT2D eigenvalue weighted by atomic mass is 16.5. The molecule has 1 aliphatic rings. The monoisotopic (exact) mass is 404 g/mol. The van der Waals surface area contributed by atoms with Crippen LogP contribution in [-0.4, -0.2) is 28.9 Å². The lowest BCUT2D eigenvalue weighted by atomic mass is 9.87. The second-order valence-corrected chi connectivity index (χ2v) is 7.24. The summed E-state index contributed by atoms with van der Waals surface area (Å²) in [4.78, 5) is 32.5. The lowest BCUT2D eigenvalue weighted by Gasteiger charge is -2.26. The molecule has 7 nitrogen and oxygen atoms in total. The van der Waals surface area contributed by atoms with Crippen LogP contribution >= 0.6 is 0 Å². The Kier molecular flexibility index (Phi) is 5.79. The van der Waals surface area contributed by atoms with E-state index in [0.717, 1.165) is 30.4 Å². The lowest BCUT2D eigenvalue weighted by Crippen LogP contribution is -2.33. The van der Waals surface area contributed by atoms with Crippen molar-refractivity contribution in [2.45, 2.75) is 31.8 Å². The Hall–Kier alpha value is -3.61. The molecule has 30 heavy (non-hydrogen) atoms. The van der Waals surface area contributed by atoms with Gasteiger partial charge >= 0.3 is 0 Å². The third-order valence-corrected chi connectivity index (χ3v) is 5.39. The number of carbonyl (C=O) groups excluding carboxylic acids is 2. The van der Waals surface area contributed by atoms with Gasteiger partial charge in [0, 0.05) is 12.1 Å². The molecule has 1 heterocycles. The maximum Gasteiger partial charge on any atom is 0.272 e. The third kappa shape index (κ3) is 4.05. The van der Waals surface area contributed by atoms with E-state index in [1.165, 1.54) is 11.9 Å². The van der Waals surface area contributed by atoms with Crippen molar-refractivity contribution in [3.8, 4) is 5.75 Å². The van der Waals surface area contributed by atoms with Crippen LogP contribution in [0.4, 0.5) is 0 Å². The van der Waals surface area contributed by atoms with Crippen molar-refractivity contribution in [1.29, 1.82) is 0 Å². The Morgan fingerprint density at radius 1 is 1.13 bits per heavy atom. The minimum Gasteiger partial charge on any atom is -0.496 e. The number of ether oxygens (including phenoxy) is 1. The van der Waals surface area contributed by atoms with Gasteiger partial charge < -0.3 is 20.4 Å². The van der Waals surface area contributed by atoms with Gasteiger partial charge in [-0.15, -0.1) is 0 Å². The van der Waals surface area contributed by atoms with Crippen LogP contribution in [0.25, 0.3) is 0 Å². The first kappa shape index (κ1) is 19.7. The summed E-state index contributed by atoms with van der Waals surface area (Å²) in [6.07, 6.45) is 4.25. The summed E-state index contributed by atoms with van der Waals surface area (Å²) in [6.45, 7) is 0.277. The van der Waals surface area contributed by atoms with Gasteiger partial charge in [0.2, 0.25) is 0 Å². The first-order valence-corrected chi connectivity index (χ1v) is 9.99. The number of H-pyrrole nitrogens is 1. The highest BCUT2D eigenvalue weighted by Crippen LogP contribution is 2.29. The SMILES string of the molecule is COc1ccccc1CNC(=O)c1[nH]cnc1C(=O)N[C@@H]1CCCc2ccccc21. The summed E-state index contributed by atoms with van der Waals surface area (Å²) < 4.78 is 5.31. The van der Waals surface area contributed by atoms with Crippen LogP contribution in [0, 0.1) is 0 Å². The van der Waals surface area contributed by atoms with E-state index in [1.54, 1.807) is 7.11 Å². The predicted octanol–water partition coefficient (Wildman–Crippen LogP) is 3.16. The van der Waals surface area contributed by atoms with Crippen LogP contribution < -0.4 is 15.4 Å². The van der Waals surface area contributed by atoms with Crippen LogP contribution in [0.15, 0.2) is 54.9 Å². The van der Waals surface area contributed by atoms with Crippen LogP contribution in [0.1, 0.15) is 56.6 Å². The summed E-state index contributed by atoms with van der Waals surface area (Å²) in [5, 5.41) is 5.86. The lowest BCUT2D eigenvalue weighted by molar-refractivity contribution is 0.0900. The van der Waals surface area contributed by atoms with E-state index in [1.807, 2.05) is 42.5 Å². The van der Waals surface area contributed by atoms with Crippen molar-refractivity contribution in [2.75, 3.05) is 7.11 Å². The Balaban J connectivity index is 1.45. The Bertz CT molecular complexity index is 1060. The number of aromatic nitrogens is 2. The van der Waals surface area contributed by atoms with Crippen molar-refractivity contribution in [2.24, 2.45) is 0 Å². The maximum absolute atomic E-state index is 12.9. The number of methoxy groups -OCH3 is 1. The molecule has 1 aliphatic carbocycles. The van der Waals surface area contributed by atoms with Gasteiger partial charge in [-0.25, -0.2) is 4.98 Å². The van der Waals surface area contributed by atoms with Crippen LogP contribution in [-0.2, 0) is 13.0 Å². The Morgan fingerprint density at radius 3 is 2.80 bits per heavy atom. The molecule has 0 fully saturated rings. The number of imidazole rings is 1. The second-order valence-electron chi connectivity index (χ2n) is 7.24. The zero-order valence-corrected chi connectivity index (χ0v) is 16.8. The molecule has 0 spiro atoms. The molecule has 0 saturated heterocycles. The zero-order chi connectivity index (χ0) is 20.9. The number of rotatable bonds is 6. The normalized spacial score (nSPS) is 15.2. The number of nitrogens with one attached hydrogen (secondary N) is 3. The first-order valence-electron chi connectivity index (χ1n) is 9.99. The number of hydrogen-bond acceptors (Lipinski definition) is 4. The van der Waals surface area contributed by atoms with Crippen molar-refractivity contribution in [1.82, 2.24) is 20.6 Å². The summed E-state index contributed by atoms with van der Waals surface area (Å²) >= 11 is 0. The molecule has 0 radical (unpaired) electrons. The Morgan fingerprint density at radius 2 is 1.93 bits per heavy atom. The van der Waals surface area contributed by atoms with Crippen molar-refractivity contribution in [3.63, 3.8) is 0 Å². The molecule has 3 aromatic rings. The van der Waals surface area contributed by atoms with E-state index in [9.17, 15) is 9.59 Å². The fourth-order valence-electron chi connectivity index (χ4n) is 3.88. The molecule has 4 rings (SSSR count). The number of aryl methyl sites for hydroxylation is 1. The van der Waals surface area contributed by atoms with Gasteiger partial charge in [0.05, 0.1) is 19.5 Å². The molecule has 0 aliphatic heterocycles. The van der Waals surface area contributed by atoms with Crippen LogP contribution in [0.2, 0.25) is 0 Å². The number of carbonyl (C=O) groups is 2. The van der Waals surface area contributed by atoms with E-state index in [2.05, 4.69) is 26.7 Å². The quantitative estimate of drug-likeness (QED) is 0.588. The molecule has 0 saturated carbocycles. The van der Waals surface area contributed by atoms with Gasteiger partial charge in [-0.2, -0.15) is 0 Å². The number of aromatic amines is 1. The zero-order valence-electron chi connectivity index (χ0n) is 16.8. The van der Waals surface area contributed by atoms with Crippen LogP contribution in [0.5, 0.6) is 5.75 Å². The fourth-order valence-corrected chi connectivity index (χ4v) is 3.88. The topological polar surface area (TPSA) is 96.1 Å². The van der Waals surface area contributed by atoms with Gasteiger partial charge in [0.15, 0.2) is 5.69 Å². The van der Waals surface area contributed by atoms with Gasteiger partial charge in [-0.3, -0.25) is 9.59 Å². The van der Waals surface area contributed by atoms with E-state index in [0.29, 0.717) is 5.75 Å². The molecule has 2 amide bonds. The summed E-state index contributed by atoms with van der Waals surface area (Å²) in [5.41, 5.74) is 3.47. The number of nitrogens with zero attached hydrogens (tertiary/aromatic N) is 1. The smallest absolute Gasteiger partial charge is 0.272 e. The largest absolute Gasteiger partial charge is 0.496 e. The van der Waals surface area contributed by atoms with Gasteiger partial charge in [0.1, 0.15) is 11.4 Å². The molecular formula is C23H24N4O3. The predicted molar refractivity (Wildman–Crippen MR) is 112 cm³/mol. The van der Waals surface area contributed by atoms with Crippen molar-refractivity contribution in [3.05, 3.63) is 82.9 Å². The molecule has 0 bridgehead atoms. The highest BCUT2D eigenvalue weighted by molar-refractivity contribution is 6.04. The minimum atomic E-state index is -0.396. The highest BCUT2D eigenvalue weighted by Gasteiger charge is 2.26. The van der Waals surface area contributed by atoms with Crippen molar-refractivity contribution >= 4 is 11.8 Å². The number of benzene rings is 2. The number of amides is 2. The summed E-state index contributed by atoms with van der Waals surface area (Å²) in [5.74, 6) is -0.0654. The molecular weight excluding hydrogens is 380 g/mol. The van der Waals surface area contributed by atoms with E-state index < -0.39 is 5.91 Å². The molecule has 3 N–H and O–H groups in total. The summed E-state index contributed by atoms with van der Waals surface area (Å²) in [7, 11) is 1.58. The molecule has 0 unspecified atom stereocenters. The molecule has 154 valence electrons. The molecule has 2 aromatic carbocycles. The Labute approximate surface area is 174 Å². The average molecular weight is 404 g/mol. The van der Waals surface area contributed by atoms with Gasteiger partial charge in [-0.05, 0) is 36.5 Å². The maximum atomic E-state index is 12.9. The third-order valence-electron chi connectivity index (χ3n) is 5.39. The summed E-state index contributed by atoms with van der Waals surface area (Å²) in [6, 6.07) is 15.5.